The van der Waals surface area contributed by atoms with Gasteiger partial charge in [0.15, 0.2) is 0 Å². The first-order chi connectivity index (χ1) is 9.83. The Kier molecular flexibility index (Phi) is 5.66. The Morgan fingerprint density at radius 3 is 2.05 bits per heavy atom. The van der Waals surface area contributed by atoms with Gasteiger partial charge < -0.3 is 5.32 Å². The van der Waals surface area contributed by atoms with Crippen molar-refractivity contribution in [1.29, 1.82) is 0 Å². The molecule has 2 fully saturated rings. The summed E-state index contributed by atoms with van der Waals surface area (Å²) in [7, 11) is -3.08. The van der Waals surface area contributed by atoms with E-state index in [1.807, 2.05) is 0 Å². The van der Waals surface area contributed by atoms with Gasteiger partial charge >= 0.3 is 0 Å². The number of sulfonamides is 1. The summed E-state index contributed by atoms with van der Waals surface area (Å²) in [6.07, 6.45) is 9.62. The van der Waals surface area contributed by atoms with E-state index >= 15 is 0 Å². The Balaban J connectivity index is 1.73. The molecular weight excluding hydrogens is 288 g/mol. The quantitative estimate of drug-likeness (QED) is 0.830. The van der Waals surface area contributed by atoms with Crippen molar-refractivity contribution in [1.82, 2.24) is 10.0 Å². The molecule has 1 amide bonds. The highest BCUT2D eigenvalue weighted by Crippen LogP contribution is 2.39. The molecule has 2 saturated carbocycles. The summed E-state index contributed by atoms with van der Waals surface area (Å²) in [4.78, 5) is 11.1. The van der Waals surface area contributed by atoms with Gasteiger partial charge in [0, 0.05) is 19.0 Å². The van der Waals surface area contributed by atoms with Gasteiger partial charge in [-0.2, -0.15) is 0 Å². The molecule has 5 nitrogen and oxygen atoms in total. The second-order valence-corrected chi connectivity index (χ2v) is 8.35. The maximum Gasteiger partial charge on any atom is 0.217 e. The lowest BCUT2D eigenvalue weighted by atomic mass is 9.71. The first-order valence-corrected chi connectivity index (χ1v) is 9.81. The van der Waals surface area contributed by atoms with Crippen LogP contribution in [0.5, 0.6) is 0 Å². The summed E-state index contributed by atoms with van der Waals surface area (Å²) in [6, 6.07) is 0.460. The van der Waals surface area contributed by atoms with Gasteiger partial charge in [-0.25, -0.2) is 13.1 Å². The summed E-state index contributed by atoms with van der Waals surface area (Å²) in [5, 5.41) is 3.01. The molecule has 0 spiro atoms. The minimum absolute atomic E-state index is 0.0680. The predicted octanol–water partition coefficient (Wildman–Crippen LogP) is 1.75. The third-order valence-corrected chi connectivity index (χ3v) is 5.48. The fraction of sp³-hybridized carbons (Fsp3) is 0.867. The van der Waals surface area contributed by atoms with Crippen LogP contribution in [0.15, 0.2) is 0 Å². The average Bonchev–Trinajstić information content (AvgIpc) is 2.38. The summed E-state index contributed by atoms with van der Waals surface area (Å²) in [6.45, 7) is 1.58. The number of carbonyl (C=O) groups is 1. The molecule has 0 atom stereocenters. The zero-order chi connectivity index (χ0) is 15.5. The minimum atomic E-state index is -3.08. The van der Waals surface area contributed by atoms with E-state index in [1.165, 1.54) is 6.26 Å². The van der Waals surface area contributed by atoms with Crippen molar-refractivity contribution < 1.29 is 13.2 Å². The zero-order valence-corrected chi connectivity index (χ0v) is 13.8. The van der Waals surface area contributed by atoms with E-state index in [0.29, 0.717) is 12.0 Å². The van der Waals surface area contributed by atoms with Crippen LogP contribution >= 0.6 is 0 Å². The van der Waals surface area contributed by atoms with Crippen molar-refractivity contribution in [3.63, 3.8) is 0 Å². The number of amides is 1. The Morgan fingerprint density at radius 1 is 1.00 bits per heavy atom. The van der Waals surface area contributed by atoms with Gasteiger partial charge in [0.2, 0.25) is 15.9 Å². The molecule has 0 aromatic carbocycles. The molecule has 6 heteroatoms. The van der Waals surface area contributed by atoms with Crippen LogP contribution in [-0.4, -0.2) is 32.7 Å². The van der Waals surface area contributed by atoms with Crippen molar-refractivity contribution in [2.75, 3.05) is 6.26 Å². The summed E-state index contributed by atoms with van der Waals surface area (Å²) < 4.78 is 25.2. The normalized spacial score (nSPS) is 29.2. The van der Waals surface area contributed by atoms with Crippen molar-refractivity contribution in [2.45, 2.75) is 70.4 Å². The molecule has 121 valence electrons. The topological polar surface area (TPSA) is 75.3 Å². The van der Waals surface area contributed by atoms with Gasteiger partial charge in [0.05, 0.1) is 6.26 Å². The second-order valence-electron chi connectivity index (χ2n) is 6.57. The maximum absolute atomic E-state index is 11.3. The van der Waals surface area contributed by atoms with Crippen LogP contribution < -0.4 is 10.0 Å². The molecular formula is C15H27N2O3S. The van der Waals surface area contributed by atoms with Crippen LogP contribution in [-0.2, 0) is 14.8 Å². The fourth-order valence-corrected chi connectivity index (χ4v) is 4.59. The molecule has 2 N–H and O–H groups in total. The van der Waals surface area contributed by atoms with Gasteiger partial charge in [-0.1, -0.05) is 0 Å². The fourth-order valence-electron chi connectivity index (χ4n) is 3.75. The van der Waals surface area contributed by atoms with Crippen LogP contribution in [0.2, 0.25) is 0 Å². The monoisotopic (exact) mass is 315 g/mol. The van der Waals surface area contributed by atoms with Gasteiger partial charge in [-0.15, -0.1) is 0 Å². The molecule has 0 aromatic rings. The Labute approximate surface area is 128 Å². The van der Waals surface area contributed by atoms with E-state index in [4.69, 9.17) is 0 Å². The lowest BCUT2D eigenvalue weighted by molar-refractivity contribution is -0.119. The van der Waals surface area contributed by atoms with Crippen molar-refractivity contribution in [3.05, 3.63) is 5.92 Å². The summed E-state index contributed by atoms with van der Waals surface area (Å²) >= 11 is 0. The molecule has 0 saturated heterocycles. The molecule has 0 bridgehead atoms. The van der Waals surface area contributed by atoms with E-state index < -0.39 is 10.0 Å². The third kappa shape index (κ3) is 5.58. The molecule has 2 aliphatic rings. The van der Waals surface area contributed by atoms with E-state index in [1.54, 1.807) is 12.8 Å². The van der Waals surface area contributed by atoms with E-state index in [2.05, 4.69) is 10.0 Å². The van der Waals surface area contributed by atoms with E-state index in [9.17, 15) is 13.2 Å². The standard InChI is InChI=1S/C15H27N2O3S/c1-11(18)16-14-7-3-12(4-8-14)13-5-9-15(10-6-13)17-21(2,19)20/h12,14-15,17H,3-10H2,1-2H3,(H,16,18). The summed E-state index contributed by atoms with van der Waals surface area (Å²) in [5.41, 5.74) is 0. The van der Waals surface area contributed by atoms with Gasteiger partial charge in [0.1, 0.15) is 0 Å². The summed E-state index contributed by atoms with van der Waals surface area (Å²) in [5.74, 6) is 2.36. The molecule has 1 radical (unpaired) electrons. The Bertz CT molecular complexity index is 448. The van der Waals surface area contributed by atoms with Crippen LogP contribution in [0, 0.1) is 11.8 Å². The molecule has 0 heterocycles. The minimum Gasteiger partial charge on any atom is -0.354 e. The highest BCUT2D eigenvalue weighted by Gasteiger charge is 2.32. The first-order valence-electron chi connectivity index (χ1n) is 7.92. The zero-order valence-electron chi connectivity index (χ0n) is 13.0. The van der Waals surface area contributed by atoms with E-state index in [0.717, 1.165) is 51.4 Å². The maximum atomic E-state index is 11.3. The number of hydrogen-bond acceptors (Lipinski definition) is 3. The Morgan fingerprint density at radius 2 is 1.57 bits per heavy atom. The third-order valence-electron chi connectivity index (χ3n) is 4.72. The highest BCUT2D eigenvalue weighted by atomic mass is 32.2. The van der Waals surface area contributed by atoms with E-state index in [-0.39, 0.29) is 11.9 Å². The number of rotatable bonds is 4. The molecule has 2 aliphatic carbocycles. The first kappa shape index (κ1) is 16.7. The predicted molar refractivity (Wildman–Crippen MR) is 83.0 cm³/mol. The van der Waals surface area contributed by atoms with Crippen LogP contribution in [0.1, 0.15) is 58.3 Å². The van der Waals surface area contributed by atoms with Crippen molar-refractivity contribution >= 4 is 15.9 Å². The molecule has 0 unspecified atom stereocenters. The highest BCUT2D eigenvalue weighted by molar-refractivity contribution is 7.88. The average molecular weight is 315 g/mol. The smallest absolute Gasteiger partial charge is 0.217 e. The van der Waals surface area contributed by atoms with Crippen molar-refractivity contribution in [3.8, 4) is 0 Å². The van der Waals surface area contributed by atoms with Crippen LogP contribution in [0.4, 0.5) is 0 Å². The van der Waals surface area contributed by atoms with Gasteiger partial charge in [-0.05, 0) is 63.2 Å². The van der Waals surface area contributed by atoms with Gasteiger partial charge in [0.25, 0.3) is 0 Å². The lowest BCUT2D eigenvalue weighted by Gasteiger charge is -2.37. The SMILES string of the molecule is CC(=O)NC1CCC([C]2CCC(NS(C)(=O)=O)CC2)CC1. The van der Waals surface area contributed by atoms with Crippen molar-refractivity contribution in [2.24, 2.45) is 5.92 Å². The number of carbonyl (C=O) groups excluding carboxylic acids is 1. The lowest BCUT2D eigenvalue weighted by Crippen LogP contribution is -2.39. The number of nitrogens with one attached hydrogen (secondary N) is 2. The Hall–Kier alpha value is -0.620. The molecule has 0 aromatic heterocycles. The largest absolute Gasteiger partial charge is 0.354 e. The van der Waals surface area contributed by atoms with Gasteiger partial charge in [-0.3, -0.25) is 4.79 Å². The van der Waals surface area contributed by atoms with Crippen LogP contribution in [0.3, 0.4) is 0 Å². The molecule has 21 heavy (non-hydrogen) atoms. The number of hydrogen-bond donors (Lipinski definition) is 2. The van der Waals surface area contributed by atoms with Crippen LogP contribution in [0.25, 0.3) is 0 Å². The molecule has 0 aliphatic heterocycles. The molecule has 2 rings (SSSR count). The second kappa shape index (κ2) is 7.09.